The summed E-state index contributed by atoms with van der Waals surface area (Å²) >= 11 is 0. The Balaban J connectivity index is 1.35. The van der Waals surface area contributed by atoms with Crippen molar-refractivity contribution in [2.45, 2.75) is 30.2 Å². The van der Waals surface area contributed by atoms with Crippen molar-refractivity contribution in [1.82, 2.24) is 9.62 Å². The largest absolute Gasteiger partial charge is 0.508 e. The molecule has 0 spiro atoms. The number of phenolic OH excluding ortho intramolecular Hbond substituents is 1. The first-order valence-corrected chi connectivity index (χ1v) is 11.6. The molecular formula is C23H24N2O5S. The van der Waals surface area contributed by atoms with E-state index in [4.69, 9.17) is 4.42 Å². The molecule has 4 rings (SSSR count). The SMILES string of the molecule is O=C(c1ccc(S(=O)(=O)NCc2ccco2)cc1)N1CCC(c2ccc(O)cc2)CC1. The van der Waals surface area contributed by atoms with Crippen LogP contribution in [0.3, 0.4) is 0 Å². The summed E-state index contributed by atoms with van der Waals surface area (Å²) in [4.78, 5) is 14.7. The highest BCUT2D eigenvalue weighted by molar-refractivity contribution is 7.89. The summed E-state index contributed by atoms with van der Waals surface area (Å²) < 4.78 is 32.5. The molecular weight excluding hydrogens is 416 g/mol. The van der Waals surface area contributed by atoms with Gasteiger partial charge in [-0.2, -0.15) is 0 Å². The lowest BCUT2D eigenvalue weighted by molar-refractivity contribution is 0.0713. The van der Waals surface area contributed by atoms with E-state index in [1.54, 1.807) is 41.3 Å². The van der Waals surface area contributed by atoms with Gasteiger partial charge in [-0.05, 0) is 72.9 Å². The highest BCUT2D eigenvalue weighted by atomic mass is 32.2. The van der Waals surface area contributed by atoms with Crippen LogP contribution in [0.15, 0.2) is 76.2 Å². The first-order valence-electron chi connectivity index (χ1n) is 10.1. The number of benzene rings is 2. The van der Waals surface area contributed by atoms with Crippen molar-refractivity contribution in [3.8, 4) is 5.75 Å². The van der Waals surface area contributed by atoms with Gasteiger partial charge in [0, 0.05) is 18.7 Å². The van der Waals surface area contributed by atoms with Gasteiger partial charge in [0.05, 0.1) is 17.7 Å². The zero-order valence-electron chi connectivity index (χ0n) is 16.9. The molecule has 3 aromatic rings. The standard InChI is InChI=1S/C23H24N2O5S/c26-20-7-3-17(4-8-20)18-11-13-25(14-12-18)23(27)19-5-9-22(10-6-19)31(28,29)24-16-21-2-1-15-30-21/h1-10,15,18,24,26H,11-14,16H2. The van der Waals surface area contributed by atoms with Crippen LogP contribution in [0.2, 0.25) is 0 Å². The Morgan fingerprint density at radius 1 is 1.03 bits per heavy atom. The molecule has 0 aliphatic carbocycles. The average Bonchev–Trinajstić information content (AvgIpc) is 3.32. The van der Waals surface area contributed by atoms with E-state index in [2.05, 4.69) is 4.72 Å². The predicted octanol–water partition coefficient (Wildman–Crippen LogP) is 3.48. The highest BCUT2D eigenvalue weighted by Gasteiger charge is 2.25. The van der Waals surface area contributed by atoms with Gasteiger partial charge < -0.3 is 14.4 Å². The first kappa shape index (κ1) is 21.1. The number of hydrogen-bond donors (Lipinski definition) is 2. The number of amides is 1. The lowest BCUT2D eigenvalue weighted by Gasteiger charge is -2.32. The van der Waals surface area contributed by atoms with Crippen LogP contribution in [0, 0.1) is 0 Å². The molecule has 8 heteroatoms. The normalized spacial score (nSPS) is 15.2. The molecule has 0 radical (unpaired) electrons. The molecule has 7 nitrogen and oxygen atoms in total. The molecule has 1 aliphatic rings. The van der Waals surface area contributed by atoms with Crippen LogP contribution >= 0.6 is 0 Å². The number of hydrogen-bond acceptors (Lipinski definition) is 5. The van der Waals surface area contributed by atoms with Crippen molar-refractivity contribution >= 4 is 15.9 Å². The fourth-order valence-corrected chi connectivity index (χ4v) is 4.78. The van der Waals surface area contributed by atoms with Crippen LogP contribution in [-0.2, 0) is 16.6 Å². The minimum absolute atomic E-state index is 0.0615. The van der Waals surface area contributed by atoms with E-state index in [1.807, 2.05) is 12.1 Å². The highest BCUT2D eigenvalue weighted by Crippen LogP contribution is 2.29. The molecule has 0 atom stereocenters. The van der Waals surface area contributed by atoms with Crippen LogP contribution in [0.4, 0.5) is 0 Å². The van der Waals surface area contributed by atoms with Crippen molar-refractivity contribution in [3.63, 3.8) is 0 Å². The predicted molar refractivity (Wildman–Crippen MR) is 115 cm³/mol. The smallest absolute Gasteiger partial charge is 0.253 e. The maximum absolute atomic E-state index is 12.8. The molecule has 2 heterocycles. The number of carbonyl (C=O) groups excluding carboxylic acids is 1. The Morgan fingerprint density at radius 2 is 1.71 bits per heavy atom. The van der Waals surface area contributed by atoms with Gasteiger partial charge in [0.25, 0.3) is 5.91 Å². The summed E-state index contributed by atoms with van der Waals surface area (Å²) in [6, 6.07) is 16.6. The monoisotopic (exact) mass is 440 g/mol. The number of likely N-dealkylation sites (tertiary alicyclic amines) is 1. The van der Waals surface area contributed by atoms with E-state index < -0.39 is 10.0 Å². The molecule has 162 valence electrons. The number of carbonyl (C=O) groups is 1. The summed E-state index contributed by atoms with van der Waals surface area (Å²) in [5.74, 6) is 1.03. The quantitative estimate of drug-likeness (QED) is 0.611. The van der Waals surface area contributed by atoms with Crippen LogP contribution in [0.1, 0.15) is 40.4 Å². The lowest BCUT2D eigenvalue weighted by atomic mass is 9.89. The second-order valence-electron chi connectivity index (χ2n) is 7.59. The number of nitrogens with one attached hydrogen (secondary N) is 1. The van der Waals surface area contributed by atoms with E-state index >= 15 is 0 Å². The Hall–Kier alpha value is -3.10. The zero-order chi connectivity index (χ0) is 21.8. The van der Waals surface area contributed by atoms with Crippen LogP contribution in [0.25, 0.3) is 0 Å². The van der Waals surface area contributed by atoms with E-state index in [9.17, 15) is 18.3 Å². The van der Waals surface area contributed by atoms with Gasteiger partial charge in [-0.1, -0.05) is 12.1 Å². The molecule has 1 aliphatic heterocycles. The van der Waals surface area contributed by atoms with Gasteiger partial charge in [0.2, 0.25) is 10.0 Å². The minimum atomic E-state index is -3.70. The molecule has 1 saturated heterocycles. The van der Waals surface area contributed by atoms with Gasteiger partial charge in [0.15, 0.2) is 0 Å². The summed E-state index contributed by atoms with van der Waals surface area (Å²) in [7, 11) is -3.70. The maximum Gasteiger partial charge on any atom is 0.253 e. The Labute approximate surface area is 181 Å². The van der Waals surface area contributed by atoms with Crippen molar-refractivity contribution in [3.05, 3.63) is 83.8 Å². The average molecular weight is 441 g/mol. The number of aromatic hydroxyl groups is 1. The van der Waals surface area contributed by atoms with E-state index in [0.29, 0.717) is 30.3 Å². The maximum atomic E-state index is 12.8. The molecule has 1 amide bonds. The Morgan fingerprint density at radius 3 is 2.32 bits per heavy atom. The minimum Gasteiger partial charge on any atom is -0.508 e. The third kappa shape index (κ3) is 4.98. The van der Waals surface area contributed by atoms with Gasteiger partial charge in [0.1, 0.15) is 11.5 Å². The number of phenols is 1. The summed E-state index contributed by atoms with van der Waals surface area (Å²) in [6.45, 7) is 1.33. The van der Waals surface area contributed by atoms with Gasteiger partial charge in [-0.25, -0.2) is 13.1 Å². The molecule has 0 saturated carbocycles. The van der Waals surface area contributed by atoms with Gasteiger partial charge >= 0.3 is 0 Å². The fourth-order valence-electron chi connectivity index (χ4n) is 3.78. The molecule has 2 N–H and O–H groups in total. The zero-order valence-corrected chi connectivity index (χ0v) is 17.7. The molecule has 1 aromatic heterocycles. The number of piperidine rings is 1. The van der Waals surface area contributed by atoms with Crippen molar-refractivity contribution in [2.75, 3.05) is 13.1 Å². The molecule has 1 fully saturated rings. The van der Waals surface area contributed by atoms with E-state index in [-0.39, 0.29) is 23.1 Å². The molecule has 0 unspecified atom stereocenters. The van der Waals surface area contributed by atoms with Crippen molar-refractivity contribution < 1.29 is 22.7 Å². The van der Waals surface area contributed by atoms with Gasteiger partial charge in [-0.3, -0.25) is 4.79 Å². The second-order valence-corrected chi connectivity index (χ2v) is 9.35. The van der Waals surface area contributed by atoms with E-state index in [0.717, 1.165) is 12.8 Å². The van der Waals surface area contributed by atoms with Crippen LogP contribution in [0.5, 0.6) is 5.75 Å². The topological polar surface area (TPSA) is 99.8 Å². The molecule has 2 aromatic carbocycles. The first-order chi connectivity index (χ1) is 14.9. The third-order valence-corrected chi connectivity index (χ3v) is 6.99. The second kappa shape index (κ2) is 8.95. The van der Waals surface area contributed by atoms with Crippen LogP contribution in [-0.4, -0.2) is 37.4 Å². The lowest BCUT2D eigenvalue weighted by Crippen LogP contribution is -2.37. The van der Waals surface area contributed by atoms with Gasteiger partial charge in [-0.15, -0.1) is 0 Å². The number of rotatable bonds is 6. The third-order valence-electron chi connectivity index (χ3n) is 5.57. The van der Waals surface area contributed by atoms with Crippen molar-refractivity contribution in [2.24, 2.45) is 0 Å². The van der Waals surface area contributed by atoms with E-state index in [1.165, 1.54) is 24.0 Å². The fraction of sp³-hybridized carbons (Fsp3) is 0.261. The summed E-state index contributed by atoms with van der Waals surface area (Å²) in [5, 5.41) is 9.44. The summed E-state index contributed by atoms with van der Waals surface area (Å²) in [6.07, 6.45) is 3.18. The Bertz CT molecular complexity index is 1120. The summed E-state index contributed by atoms with van der Waals surface area (Å²) in [5.41, 5.74) is 1.63. The van der Waals surface area contributed by atoms with Crippen LogP contribution < -0.4 is 4.72 Å². The number of sulfonamides is 1. The Kier molecular flexibility index (Phi) is 6.11. The molecule has 31 heavy (non-hydrogen) atoms. The number of furan rings is 1. The van der Waals surface area contributed by atoms with Crippen molar-refractivity contribution in [1.29, 1.82) is 0 Å². The molecule has 0 bridgehead atoms. The number of nitrogens with zero attached hydrogens (tertiary/aromatic N) is 1.